The molecule has 2 atom stereocenters. The van der Waals surface area contributed by atoms with Gasteiger partial charge in [-0.1, -0.05) is 35.9 Å². The van der Waals surface area contributed by atoms with Crippen LogP contribution in [0.5, 0.6) is 0 Å². The molecule has 1 aliphatic heterocycles. The Morgan fingerprint density at radius 1 is 1.26 bits per heavy atom. The number of likely N-dealkylation sites (N-methyl/N-ethyl adjacent to an activating group) is 1. The van der Waals surface area contributed by atoms with Gasteiger partial charge in [-0.15, -0.1) is 0 Å². The highest BCUT2D eigenvalue weighted by Crippen LogP contribution is 2.41. The standard InChI is InChI=1S/C20H21ClFN3OS/c1-25-19(20(26)23-15-7-8-17(22)16(21)10-15)11-18(24-27-25)14-4-2-3-13(9-14)12-5-6-12/h2-4,7-10,12,18-19,24H,5-6,11H2,1H3,(H,23,26). The van der Waals surface area contributed by atoms with Gasteiger partial charge < -0.3 is 5.32 Å². The number of anilines is 1. The molecule has 4 rings (SSSR count). The van der Waals surface area contributed by atoms with Crippen LogP contribution in [0.15, 0.2) is 42.5 Å². The zero-order valence-electron chi connectivity index (χ0n) is 14.9. The molecule has 0 spiro atoms. The van der Waals surface area contributed by atoms with Crippen LogP contribution in [0, 0.1) is 5.82 Å². The summed E-state index contributed by atoms with van der Waals surface area (Å²) in [5.74, 6) is 0.0727. The summed E-state index contributed by atoms with van der Waals surface area (Å²) in [4.78, 5) is 12.8. The van der Waals surface area contributed by atoms with Crippen molar-refractivity contribution in [1.82, 2.24) is 9.03 Å². The lowest BCUT2D eigenvalue weighted by atomic mass is 9.96. The third-order valence-electron chi connectivity index (χ3n) is 5.09. The van der Waals surface area contributed by atoms with Crippen molar-refractivity contribution in [3.8, 4) is 0 Å². The number of nitrogens with zero attached hydrogens (tertiary/aromatic N) is 1. The van der Waals surface area contributed by atoms with Crippen LogP contribution in [0.2, 0.25) is 5.02 Å². The van der Waals surface area contributed by atoms with Crippen molar-refractivity contribution < 1.29 is 9.18 Å². The molecule has 1 heterocycles. The molecule has 2 unspecified atom stereocenters. The van der Waals surface area contributed by atoms with Gasteiger partial charge in [0.15, 0.2) is 0 Å². The molecule has 2 aromatic carbocycles. The minimum atomic E-state index is -0.500. The fourth-order valence-electron chi connectivity index (χ4n) is 3.35. The molecular formula is C20H21ClFN3OS. The zero-order chi connectivity index (χ0) is 19.0. The normalized spacial score (nSPS) is 23.2. The van der Waals surface area contributed by atoms with Gasteiger partial charge >= 0.3 is 0 Å². The lowest BCUT2D eigenvalue weighted by Gasteiger charge is -2.35. The molecule has 0 bridgehead atoms. The second-order valence-electron chi connectivity index (χ2n) is 7.12. The third kappa shape index (κ3) is 4.29. The lowest BCUT2D eigenvalue weighted by Crippen LogP contribution is -2.46. The molecule has 4 nitrogen and oxygen atoms in total. The number of benzene rings is 2. The third-order valence-corrected chi connectivity index (χ3v) is 6.31. The van der Waals surface area contributed by atoms with Gasteiger partial charge in [0.1, 0.15) is 11.9 Å². The summed E-state index contributed by atoms with van der Waals surface area (Å²) in [6.45, 7) is 0. The van der Waals surface area contributed by atoms with E-state index in [0.29, 0.717) is 18.0 Å². The van der Waals surface area contributed by atoms with E-state index in [2.05, 4.69) is 34.3 Å². The summed E-state index contributed by atoms with van der Waals surface area (Å²) >= 11 is 7.25. The SMILES string of the molecule is CN1SNC(c2cccc(C3CC3)c2)CC1C(=O)Nc1ccc(F)c(Cl)c1. The summed E-state index contributed by atoms with van der Waals surface area (Å²) in [6, 6.07) is 12.6. The van der Waals surface area contributed by atoms with Crippen molar-refractivity contribution in [2.45, 2.75) is 37.3 Å². The molecule has 2 fully saturated rings. The quantitative estimate of drug-likeness (QED) is 0.710. The maximum atomic E-state index is 13.3. The molecule has 27 heavy (non-hydrogen) atoms. The van der Waals surface area contributed by atoms with Gasteiger partial charge in [-0.2, -0.15) is 0 Å². The molecule has 1 saturated heterocycles. The summed E-state index contributed by atoms with van der Waals surface area (Å²) in [5.41, 5.74) is 3.10. The second kappa shape index (κ2) is 7.80. The molecule has 2 N–H and O–H groups in total. The molecule has 1 amide bonds. The maximum Gasteiger partial charge on any atom is 0.242 e. The van der Waals surface area contributed by atoms with Crippen LogP contribution in [0.25, 0.3) is 0 Å². The van der Waals surface area contributed by atoms with Gasteiger partial charge in [0, 0.05) is 23.9 Å². The number of carbonyl (C=O) groups excluding carboxylic acids is 1. The summed E-state index contributed by atoms with van der Waals surface area (Å²) in [5, 5.41) is 2.84. The lowest BCUT2D eigenvalue weighted by molar-refractivity contribution is -0.119. The Labute approximate surface area is 167 Å². The highest BCUT2D eigenvalue weighted by atomic mass is 35.5. The molecule has 1 aliphatic carbocycles. The fraction of sp³-hybridized carbons (Fsp3) is 0.350. The van der Waals surface area contributed by atoms with Crippen LogP contribution < -0.4 is 10.0 Å². The average molecular weight is 406 g/mol. The van der Waals surface area contributed by atoms with Crippen molar-refractivity contribution >= 4 is 35.3 Å². The number of halogens is 2. The van der Waals surface area contributed by atoms with Crippen molar-refractivity contribution in [1.29, 1.82) is 0 Å². The highest BCUT2D eigenvalue weighted by Gasteiger charge is 2.33. The molecule has 142 valence electrons. The van der Waals surface area contributed by atoms with Crippen LogP contribution in [-0.2, 0) is 4.79 Å². The van der Waals surface area contributed by atoms with Crippen molar-refractivity contribution in [2.75, 3.05) is 12.4 Å². The predicted molar refractivity (Wildman–Crippen MR) is 108 cm³/mol. The number of nitrogens with one attached hydrogen (secondary N) is 2. The van der Waals surface area contributed by atoms with Gasteiger partial charge in [-0.25, -0.2) is 13.4 Å². The first-order valence-electron chi connectivity index (χ1n) is 9.02. The van der Waals surface area contributed by atoms with E-state index in [1.165, 1.54) is 54.3 Å². The van der Waals surface area contributed by atoms with E-state index < -0.39 is 5.82 Å². The van der Waals surface area contributed by atoms with Crippen molar-refractivity contribution in [3.05, 3.63) is 64.4 Å². The van der Waals surface area contributed by atoms with Crippen LogP contribution in [0.3, 0.4) is 0 Å². The Bertz CT molecular complexity index is 861. The Morgan fingerprint density at radius 3 is 2.78 bits per heavy atom. The highest BCUT2D eigenvalue weighted by molar-refractivity contribution is 7.95. The van der Waals surface area contributed by atoms with Crippen molar-refractivity contribution in [3.63, 3.8) is 0 Å². The topological polar surface area (TPSA) is 44.4 Å². The molecule has 7 heteroatoms. The fourth-order valence-corrected chi connectivity index (χ4v) is 4.37. The first kappa shape index (κ1) is 18.7. The smallest absolute Gasteiger partial charge is 0.242 e. The Kier molecular flexibility index (Phi) is 5.41. The molecule has 2 aliphatic rings. The van der Waals surface area contributed by atoms with E-state index in [4.69, 9.17) is 11.6 Å². The van der Waals surface area contributed by atoms with E-state index in [0.717, 1.165) is 0 Å². The number of hydrogen-bond donors (Lipinski definition) is 2. The van der Waals surface area contributed by atoms with E-state index >= 15 is 0 Å². The van der Waals surface area contributed by atoms with E-state index in [9.17, 15) is 9.18 Å². The minimum Gasteiger partial charge on any atom is -0.325 e. The Hall–Kier alpha value is -1.60. The number of amides is 1. The monoisotopic (exact) mass is 405 g/mol. The predicted octanol–water partition coefficient (Wildman–Crippen LogP) is 4.89. The van der Waals surface area contributed by atoms with E-state index in [1.807, 2.05) is 11.4 Å². The van der Waals surface area contributed by atoms with Gasteiger partial charge in [-0.3, -0.25) is 4.79 Å². The molecule has 0 radical (unpaired) electrons. The second-order valence-corrected chi connectivity index (χ2v) is 8.52. The van der Waals surface area contributed by atoms with Crippen LogP contribution in [0.1, 0.15) is 42.3 Å². The van der Waals surface area contributed by atoms with Gasteiger partial charge in [0.2, 0.25) is 5.91 Å². The molecule has 0 aromatic heterocycles. The van der Waals surface area contributed by atoms with Crippen LogP contribution in [-0.4, -0.2) is 23.3 Å². The van der Waals surface area contributed by atoms with Crippen LogP contribution >= 0.6 is 23.7 Å². The van der Waals surface area contributed by atoms with Gasteiger partial charge in [-0.05, 0) is 61.6 Å². The zero-order valence-corrected chi connectivity index (χ0v) is 16.5. The van der Waals surface area contributed by atoms with Crippen LogP contribution in [0.4, 0.5) is 10.1 Å². The number of hydrogen-bond acceptors (Lipinski definition) is 4. The number of rotatable bonds is 4. The Balaban J connectivity index is 1.47. The first-order chi connectivity index (χ1) is 13.0. The van der Waals surface area contributed by atoms with E-state index in [-0.39, 0.29) is 23.0 Å². The molecular weight excluding hydrogens is 385 g/mol. The largest absolute Gasteiger partial charge is 0.325 e. The van der Waals surface area contributed by atoms with Gasteiger partial charge in [0.25, 0.3) is 0 Å². The minimum absolute atomic E-state index is 0.00407. The first-order valence-corrected chi connectivity index (χ1v) is 10.2. The van der Waals surface area contributed by atoms with Gasteiger partial charge in [0.05, 0.1) is 5.02 Å². The number of carbonyl (C=O) groups is 1. The average Bonchev–Trinajstić information content (AvgIpc) is 3.50. The van der Waals surface area contributed by atoms with Crippen molar-refractivity contribution in [2.24, 2.45) is 0 Å². The Morgan fingerprint density at radius 2 is 2.04 bits per heavy atom. The molecule has 2 aromatic rings. The van der Waals surface area contributed by atoms with E-state index in [1.54, 1.807) is 0 Å². The summed E-state index contributed by atoms with van der Waals surface area (Å²) in [7, 11) is 1.89. The molecule has 1 saturated carbocycles. The maximum absolute atomic E-state index is 13.3. The summed E-state index contributed by atoms with van der Waals surface area (Å²) < 4.78 is 18.7. The summed E-state index contributed by atoms with van der Waals surface area (Å²) in [6.07, 6.45) is 3.19.